The number of hydrogen-bond acceptors (Lipinski definition) is 3. The minimum atomic E-state index is -0.253. The summed E-state index contributed by atoms with van der Waals surface area (Å²) in [5, 5.41) is 2.86. The van der Waals surface area contributed by atoms with Gasteiger partial charge < -0.3 is 21.0 Å². The van der Waals surface area contributed by atoms with Crippen molar-refractivity contribution >= 4 is 22.6 Å². The van der Waals surface area contributed by atoms with E-state index in [0.29, 0.717) is 11.2 Å². The number of H-pyrrole nitrogens is 2. The molecule has 100 valence electrons. The normalized spacial score (nSPS) is 22.8. The lowest BCUT2D eigenvalue weighted by Gasteiger charge is -2.15. The first-order chi connectivity index (χ1) is 9.13. The van der Waals surface area contributed by atoms with Crippen LogP contribution >= 0.6 is 0 Å². The highest BCUT2D eigenvalue weighted by Gasteiger charge is 2.30. The zero-order chi connectivity index (χ0) is 13.4. The van der Waals surface area contributed by atoms with E-state index in [1.807, 2.05) is 0 Å². The molecule has 0 aliphatic heterocycles. The molecule has 2 atom stereocenters. The molecule has 1 heterocycles. The van der Waals surface area contributed by atoms with Gasteiger partial charge >= 0.3 is 5.69 Å². The summed E-state index contributed by atoms with van der Waals surface area (Å²) >= 11 is 0. The highest BCUT2D eigenvalue weighted by molar-refractivity contribution is 5.95. The van der Waals surface area contributed by atoms with Crippen LogP contribution < -0.4 is 16.7 Å². The molecule has 0 spiro atoms. The van der Waals surface area contributed by atoms with Crippen molar-refractivity contribution in [3.05, 3.63) is 28.7 Å². The standard InChI is InChI=1S/C13H16N4O2/c14-9-3-1-2-8(9)12(18)15-7-4-5-10-11(6-7)17-13(19)16-10/h4-6,8-9H,1-3,14H2,(H,15,18)(H2,16,17,19). The maximum absolute atomic E-state index is 12.1. The number of rotatable bonds is 2. The molecule has 1 fully saturated rings. The topological polar surface area (TPSA) is 104 Å². The predicted octanol–water partition coefficient (Wildman–Crippen LogP) is 0.922. The largest absolute Gasteiger partial charge is 0.327 e. The molecule has 1 aromatic heterocycles. The molecule has 0 bridgehead atoms. The molecular weight excluding hydrogens is 244 g/mol. The second-order valence-electron chi connectivity index (χ2n) is 5.03. The quantitative estimate of drug-likeness (QED) is 0.645. The molecule has 3 rings (SSSR count). The Bertz CT molecular complexity index is 673. The van der Waals surface area contributed by atoms with E-state index in [-0.39, 0.29) is 23.6 Å². The molecular formula is C13H16N4O2. The van der Waals surface area contributed by atoms with Gasteiger partial charge in [-0.3, -0.25) is 4.79 Å². The number of fused-ring (bicyclic) bond motifs is 1. The second-order valence-corrected chi connectivity index (χ2v) is 5.03. The van der Waals surface area contributed by atoms with Crippen LogP contribution in [-0.2, 0) is 4.79 Å². The van der Waals surface area contributed by atoms with E-state index in [4.69, 9.17) is 5.73 Å². The van der Waals surface area contributed by atoms with Crippen molar-refractivity contribution in [1.82, 2.24) is 9.97 Å². The van der Waals surface area contributed by atoms with Crippen LogP contribution in [0.3, 0.4) is 0 Å². The molecule has 1 amide bonds. The van der Waals surface area contributed by atoms with Gasteiger partial charge in [-0.2, -0.15) is 0 Å². The lowest BCUT2D eigenvalue weighted by Crippen LogP contribution is -2.34. The van der Waals surface area contributed by atoms with E-state index >= 15 is 0 Å². The minimum Gasteiger partial charge on any atom is -0.327 e. The van der Waals surface area contributed by atoms with Gasteiger partial charge in [0.1, 0.15) is 0 Å². The van der Waals surface area contributed by atoms with Crippen LogP contribution in [0.25, 0.3) is 11.0 Å². The molecule has 1 aromatic carbocycles. The Morgan fingerprint density at radius 1 is 1.26 bits per heavy atom. The van der Waals surface area contributed by atoms with E-state index in [1.165, 1.54) is 0 Å². The van der Waals surface area contributed by atoms with Crippen LogP contribution in [0.4, 0.5) is 5.69 Å². The molecule has 1 aliphatic rings. The van der Waals surface area contributed by atoms with Crippen molar-refractivity contribution < 1.29 is 4.79 Å². The van der Waals surface area contributed by atoms with E-state index in [0.717, 1.165) is 24.8 Å². The number of nitrogens with one attached hydrogen (secondary N) is 3. The van der Waals surface area contributed by atoms with Gasteiger partial charge in [0.25, 0.3) is 0 Å². The van der Waals surface area contributed by atoms with Crippen LogP contribution in [0.5, 0.6) is 0 Å². The van der Waals surface area contributed by atoms with Crippen LogP contribution in [0, 0.1) is 5.92 Å². The smallest absolute Gasteiger partial charge is 0.323 e. The maximum Gasteiger partial charge on any atom is 0.323 e. The fourth-order valence-electron chi connectivity index (χ4n) is 2.66. The summed E-state index contributed by atoms with van der Waals surface area (Å²) in [5.74, 6) is -0.150. The Hall–Kier alpha value is -2.08. The number of hydrogen-bond donors (Lipinski definition) is 4. The van der Waals surface area contributed by atoms with Crippen LogP contribution in [0.15, 0.2) is 23.0 Å². The number of imidazole rings is 1. The van der Waals surface area contributed by atoms with Gasteiger partial charge in [0, 0.05) is 11.7 Å². The Labute approximate surface area is 109 Å². The van der Waals surface area contributed by atoms with E-state index < -0.39 is 0 Å². The number of carbonyl (C=O) groups excluding carboxylic acids is 1. The van der Waals surface area contributed by atoms with Crippen molar-refractivity contribution in [1.29, 1.82) is 0 Å². The molecule has 5 N–H and O–H groups in total. The second kappa shape index (κ2) is 4.55. The van der Waals surface area contributed by atoms with Crippen molar-refractivity contribution in [2.24, 2.45) is 11.7 Å². The van der Waals surface area contributed by atoms with Crippen molar-refractivity contribution in [2.75, 3.05) is 5.32 Å². The van der Waals surface area contributed by atoms with Crippen LogP contribution in [0.2, 0.25) is 0 Å². The molecule has 0 saturated heterocycles. The number of aromatic amines is 2. The number of aromatic nitrogens is 2. The first-order valence-corrected chi connectivity index (χ1v) is 6.42. The number of amides is 1. The Balaban J connectivity index is 1.80. The summed E-state index contributed by atoms with van der Waals surface area (Å²) in [6, 6.07) is 5.23. The third-order valence-corrected chi connectivity index (χ3v) is 3.69. The van der Waals surface area contributed by atoms with Gasteiger partial charge in [-0.25, -0.2) is 4.79 Å². The zero-order valence-corrected chi connectivity index (χ0v) is 10.4. The molecule has 19 heavy (non-hydrogen) atoms. The summed E-state index contributed by atoms with van der Waals surface area (Å²) in [6.45, 7) is 0. The number of nitrogens with two attached hydrogens (primary N) is 1. The highest BCUT2D eigenvalue weighted by atomic mass is 16.2. The van der Waals surface area contributed by atoms with Crippen molar-refractivity contribution in [3.8, 4) is 0 Å². The lowest BCUT2D eigenvalue weighted by atomic mass is 10.0. The van der Waals surface area contributed by atoms with Gasteiger partial charge in [0.2, 0.25) is 5.91 Å². The Morgan fingerprint density at radius 3 is 2.79 bits per heavy atom. The minimum absolute atomic E-state index is 0.0396. The van der Waals surface area contributed by atoms with Crippen molar-refractivity contribution in [2.45, 2.75) is 25.3 Å². The maximum atomic E-state index is 12.1. The molecule has 1 aliphatic carbocycles. The fraction of sp³-hybridized carbons (Fsp3) is 0.385. The van der Waals surface area contributed by atoms with E-state index in [2.05, 4.69) is 15.3 Å². The summed E-state index contributed by atoms with van der Waals surface area (Å²) in [6.07, 6.45) is 2.75. The Morgan fingerprint density at radius 2 is 2.05 bits per heavy atom. The average molecular weight is 260 g/mol. The number of carbonyl (C=O) groups is 1. The fourth-order valence-corrected chi connectivity index (χ4v) is 2.66. The molecule has 6 nitrogen and oxygen atoms in total. The Kier molecular flexibility index (Phi) is 2.87. The SMILES string of the molecule is NC1CCCC1C(=O)Nc1ccc2[nH]c(=O)[nH]c2c1. The molecule has 6 heteroatoms. The first kappa shape index (κ1) is 12.0. The van der Waals surface area contributed by atoms with Gasteiger partial charge in [-0.05, 0) is 31.0 Å². The van der Waals surface area contributed by atoms with Gasteiger partial charge in [-0.15, -0.1) is 0 Å². The number of anilines is 1. The molecule has 1 saturated carbocycles. The zero-order valence-electron chi connectivity index (χ0n) is 10.4. The van der Waals surface area contributed by atoms with Crippen LogP contribution in [0.1, 0.15) is 19.3 Å². The summed E-state index contributed by atoms with van der Waals surface area (Å²) in [5.41, 5.74) is 7.74. The van der Waals surface area contributed by atoms with Gasteiger partial charge in [-0.1, -0.05) is 6.42 Å². The molecule has 2 aromatic rings. The van der Waals surface area contributed by atoms with Crippen molar-refractivity contribution in [3.63, 3.8) is 0 Å². The molecule has 0 radical (unpaired) electrons. The first-order valence-electron chi connectivity index (χ1n) is 6.42. The number of benzene rings is 1. The third-order valence-electron chi connectivity index (χ3n) is 3.69. The summed E-state index contributed by atoms with van der Waals surface area (Å²) in [7, 11) is 0. The van der Waals surface area contributed by atoms with Gasteiger partial charge in [0.15, 0.2) is 0 Å². The highest BCUT2D eigenvalue weighted by Crippen LogP contribution is 2.25. The van der Waals surface area contributed by atoms with Gasteiger partial charge in [0.05, 0.1) is 17.0 Å². The summed E-state index contributed by atoms with van der Waals surface area (Å²) in [4.78, 5) is 28.6. The van der Waals surface area contributed by atoms with E-state index in [1.54, 1.807) is 18.2 Å². The monoisotopic (exact) mass is 260 g/mol. The van der Waals surface area contributed by atoms with Crippen LogP contribution in [-0.4, -0.2) is 21.9 Å². The average Bonchev–Trinajstić information content (AvgIpc) is 2.93. The third kappa shape index (κ3) is 2.26. The lowest BCUT2D eigenvalue weighted by molar-refractivity contribution is -0.120. The van der Waals surface area contributed by atoms with E-state index in [9.17, 15) is 9.59 Å². The molecule has 2 unspecified atom stereocenters. The predicted molar refractivity (Wildman–Crippen MR) is 72.9 cm³/mol. The summed E-state index contributed by atoms with van der Waals surface area (Å²) < 4.78 is 0.